The van der Waals surface area contributed by atoms with Gasteiger partial charge in [-0.2, -0.15) is 0 Å². The van der Waals surface area contributed by atoms with Gasteiger partial charge < -0.3 is 19.7 Å². The highest BCUT2D eigenvalue weighted by molar-refractivity contribution is 6.92. The van der Waals surface area contributed by atoms with Gasteiger partial charge in [-0.05, 0) is 35.4 Å². The highest BCUT2D eigenvalue weighted by Gasteiger charge is 2.38. The topological polar surface area (TPSA) is 58.9 Å². The summed E-state index contributed by atoms with van der Waals surface area (Å²) in [5, 5.41) is 20.4. The molecule has 0 bridgehead atoms. The van der Waals surface area contributed by atoms with E-state index in [0.29, 0.717) is 13.2 Å². The van der Waals surface area contributed by atoms with E-state index in [1.54, 1.807) is 0 Å². The lowest BCUT2D eigenvalue weighted by atomic mass is 10.5. The zero-order chi connectivity index (χ0) is 15.3. The first-order valence-corrected chi connectivity index (χ1v) is 10.4. The number of ether oxygens (including phenoxy) is 2. The van der Waals surface area contributed by atoms with Gasteiger partial charge >= 0.3 is 0 Å². The van der Waals surface area contributed by atoms with Crippen LogP contribution in [-0.2, 0) is 9.47 Å². The zero-order valence-electron chi connectivity index (χ0n) is 12.8. The van der Waals surface area contributed by atoms with Crippen LogP contribution in [0.3, 0.4) is 0 Å². The molecule has 2 rings (SSSR count). The normalized spacial score (nSPS) is 18.1. The van der Waals surface area contributed by atoms with Crippen molar-refractivity contribution in [3.63, 3.8) is 0 Å². The zero-order valence-corrected chi connectivity index (χ0v) is 13.8. The molecule has 0 aromatic carbocycles. The van der Waals surface area contributed by atoms with E-state index in [-0.39, 0.29) is 13.2 Å². The first kappa shape index (κ1) is 16.1. The maximum atomic E-state index is 8.94. The van der Waals surface area contributed by atoms with Crippen LogP contribution in [0.25, 0.3) is 0 Å². The van der Waals surface area contributed by atoms with Gasteiger partial charge in [0.25, 0.3) is 0 Å². The van der Waals surface area contributed by atoms with Crippen molar-refractivity contribution in [3.05, 3.63) is 46.2 Å². The van der Waals surface area contributed by atoms with Crippen molar-refractivity contribution < 1.29 is 19.7 Å². The molecule has 2 aliphatic carbocycles. The van der Waals surface area contributed by atoms with Crippen molar-refractivity contribution in [2.45, 2.75) is 25.9 Å². The Hall–Kier alpha value is -1.30. The van der Waals surface area contributed by atoms with Crippen LogP contribution in [0.2, 0.25) is 13.1 Å². The van der Waals surface area contributed by atoms with Gasteiger partial charge in [0.2, 0.25) is 0 Å². The van der Waals surface area contributed by atoms with Crippen molar-refractivity contribution in [2.24, 2.45) is 0 Å². The van der Waals surface area contributed by atoms with E-state index in [0.717, 1.165) is 24.4 Å². The smallest absolute Gasteiger partial charge is 0.121 e. The molecule has 0 unspecified atom stereocenters. The molecule has 0 amide bonds. The number of allylic oxidation sites excluding steroid dienone is 6. The standard InChI is InChI=1S/C16H24O4Si/c1-21(2,15-7-3-5-13(15)19-11-9-17)16-8-4-6-14(16)20-12-10-18/h5-8,17-18H,3-4,9-12H2,1-2H3. The van der Waals surface area contributed by atoms with Crippen LogP contribution in [0.15, 0.2) is 46.2 Å². The van der Waals surface area contributed by atoms with Crippen LogP contribution in [0, 0.1) is 0 Å². The monoisotopic (exact) mass is 308 g/mol. The molecule has 2 aliphatic rings. The van der Waals surface area contributed by atoms with Crippen LogP contribution < -0.4 is 0 Å². The largest absolute Gasteiger partial charge is 0.492 e. The fourth-order valence-electron chi connectivity index (χ4n) is 2.84. The van der Waals surface area contributed by atoms with E-state index in [4.69, 9.17) is 19.7 Å². The maximum absolute atomic E-state index is 8.94. The molecule has 0 spiro atoms. The SMILES string of the molecule is C[Si](C)(C1=CCC=C1OCCO)C1=CCC=C1OCCO. The average molecular weight is 308 g/mol. The summed E-state index contributed by atoms with van der Waals surface area (Å²) in [7, 11) is -1.89. The summed E-state index contributed by atoms with van der Waals surface area (Å²) in [5.74, 6) is 1.82. The van der Waals surface area contributed by atoms with Crippen molar-refractivity contribution in [3.8, 4) is 0 Å². The molecule has 116 valence electrons. The maximum Gasteiger partial charge on any atom is 0.121 e. The second-order valence-corrected chi connectivity index (χ2v) is 9.94. The number of rotatable bonds is 8. The fourth-order valence-corrected chi connectivity index (χ4v) is 5.97. The predicted octanol–water partition coefficient (Wildman–Crippen LogP) is 2.22. The molecule has 4 nitrogen and oxygen atoms in total. The van der Waals surface area contributed by atoms with Gasteiger partial charge in [0, 0.05) is 0 Å². The van der Waals surface area contributed by atoms with Crippen molar-refractivity contribution in [1.82, 2.24) is 0 Å². The Kier molecular flexibility index (Phi) is 5.44. The number of hydrogen-bond donors (Lipinski definition) is 2. The average Bonchev–Trinajstić information content (AvgIpc) is 3.11. The molecular formula is C16H24O4Si. The van der Waals surface area contributed by atoms with Gasteiger partial charge in [0.1, 0.15) is 32.8 Å². The van der Waals surface area contributed by atoms with E-state index in [2.05, 4.69) is 37.4 Å². The summed E-state index contributed by atoms with van der Waals surface area (Å²) in [6, 6.07) is 0. The molecule has 0 aromatic rings. The minimum atomic E-state index is -1.89. The van der Waals surface area contributed by atoms with Gasteiger partial charge in [-0.25, -0.2) is 0 Å². The van der Waals surface area contributed by atoms with Gasteiger partial charge in [0.15, 0.2) is 0 Å². The minimum absolute atomic E-state index is 0.0278. The molecule has 2 N–H and O–H groups in total. The third-order valence-corrected chi connectivity index (χ3v) is 7.42. The van der Waals surface area contributed by atoms with E-state index in [1.165, 1.54) is 10.4 Å². The van der Waals surface area contributed by atoms with Crippen molar-refractivity contribution in [1.29, 1.82) is 0 Å². The fraction of sp³-hybridized carbons (Fsp3) is 0.500. The molecule has 0 fully saturated rings. The Bertz CT molecular complexity index is 456. The highest BCUT2D eigenvalue weighted by atomic mass is 28.3. The van der Waals surface area contributed by atoms with E-state index in [1.807, 2.05) is 0 Å². The summed E-state index contributed by atoms with van der Waals surface area (Å²) >= 11 is 0. The number of hydrogen-bond acceptors (Lipinski definition) is 4. The summed E-state index contributed by atoms with van der Waals surface area (Å²) in [4.78, 5) is 0. The second-order valence-electron chi connectivity index (χ2n) is 5.61. The van der Waals surface area contributed by atoms with Gasteiger partial charge in [0.05, 0.1) is 13.2 Å². The molecule has 0 aromatic heterocycles. The van der Waals surface area contributed by atoms with Crippen LogP contribution in [-0.4, -0.2) is 44.7 Å². The molecule has 21 heavy (non-hydrogen) atoms. The van der Waals surface area contributed by atoms with Crippen LogP contribution >= 0.6 is 0 Å². The lowest BCUT2D eigenvalue weighted by molar-refractivity contribution is 0.150. The molecule has 5 heteroatoms. The van der Waals surface area contributed by atoms with Crippen molar-refractivity contribution in [2.75, 3.05) is 26.4 Å². The summed E-state index contributed by atoms with van der Waals surface area (Å²) in [5.41, 5.74) is 0. The van der Waals surface area contributed by atoms with Crippen LogP contribution in [0.1, 0.15) is 12.8 Å². The highest BCUT2D eigenvalue weighted by Crippen LogP contribution is 2.38. The third kappa shape index (κ3) is 3.48. The van der Waals surface area contributed by atoms with E-state index < -0.39 is 8.07 Å². The molecular weight excluding hydrogens is 284 g/mol. The Morgan fingerprint density at radius 3 is 1.67 bits per heavy atom. The Labute approximate surface area is 127 Å². The van der Waals surface area contributed by atoms with Gasteiger partial charge in [-0.15, -0.1) is 0 Å². The van der Waals surface area contributed by atoms with Crippen LogP contribution in [0.4, 0.5) is 0 Å². The van der Waals surface area contributed by atoms with Crippen LogP contribution in [0.5, 0.6) is 0 Å². The van der Waals surface area contributed by atoms with E-state index >= 15 is 0 Å². The molecule has 0 saturated heterocycles. The predicted molar refractivity (Wildman–Crippen MR) is 85.1 cm³/mol. The first-order valence-electron chi connectivity index (χ1n) is 7.41. The lowest BCUT2D eigenvalue weighted by Gasteiger charge is -2.29. The molecule has 0 atom stereocenters. The van der Waals surface area contributed by atoms with Crippen molar-refractivity contribution >= 4 is 8.07 Å². The quantitative estimate of drug-likeness (QED) is 0.675. The van der Waals surface area contributed by atoms with Gasteiger partial charge in [-0.1, -0.05) is 25.2 Å². The molecule has 0 aliphatic heterocycles. The minimum Gasteiger partial charge on any atom is -0.492 e. The molecule has 0 saturated carbocycles. The van der Waals surface area contributed by atoms with E-state index in [9.17, 15) is 0 Å². The number of aliphatic hydroxyl groups is 2. The summed E-state index contributed by atoms with van der Waals surface area (Å²) in [6.07, 6.45) is 10.4. The number of aliphatic hydroxyl groups excluding tert-OH is 2. The summed E-state index contributed by atoms with van der Waals surface area (Å²) in [6.45, 7) is 5.29. The van der Waals surface area contributed by atoms with Gasteiger partial charge in [-0.3, -0.25) is 0 Å². The molecule has 0 heterocycles. The second kappa shape index (κ2) is 7.11. The first-order chi connectivity index (χ1) is 10.1. The Morgan fingerprint density at radius 2 is 1.29 bits per heavy atom. The third-order valence-electron chi connectivity index (χ3n) is 3.83. The molecule has 0 radical (unpaired) electrons. The Morgan fingerprint density at radius 1 is 0.857 bits per heavy atom. The Balaban J connectivity index is 2.14. The lowest BCUT2D eigenvalue weighted by Crippen LogP contribution is -2.34. The summed E-state index contributed by atoms with van der Waals surface area (Å²) < 4.78 is 11.4.